The highest BCUT2D eigenvalue weighted by molar-refractivity contribution is 6.18. The summed E-state index contributed by atoms with van der Waals surface area (Å²) in [4.78, 5) is 46.0. The number of esters is 1. The van der Waals surface area contributed by atoms with Crippen molar-refractivity contribution < 1.29 is 28.2 Å². The average molecular weight is 550 g/mol. The summed E-state index contributed by atoms with van der Waals surface area (Å²) in [5.74, 6) is -1.02. The highest BCUT2D eigenvalue weighted by atomic mass is 19.1. The minimum absolute atomic E-state index is 0.0311. The van der Waals surface area contributed by atoms with E-state index in [0.717, 1.165) is 10.9 Å². The number of fused-ring (bicyclic) bond motifs is 3. The second-order valence-corrected chi connectivity index (χ2v) is 11.1. The van der Waals surface area contributed by atoms with Gasteiger partial charge >= 0.3 is 12.1 Å². The Morgan fingerprint density at radius 2 is 1.70 bits per heavy atom. The third-order valence-electron chi connectivity index (χ3n) is 6.94. The lowest BCUT2D eigenvalue weighted by Crippen LogP contribution is -2.43. The van der Waals surface area contributed by atoms with Crippen molar-refractivity contribution in [3.05, 3.63) is 71.3 Å². The molecule has 40 heavy (non-hydrogen) atoms. The van der Waals surface area contributed by atoms with Crippen LogP contribution in [0.15, 0.2) is 48.7 Å². The summed E-state index contributed by atoms with van der Waals surface area (Å²) in [7, 11) is 0. The predicted molar refractivity (Wildman–Crippen MR) is 152 cm³/mol. The zero-order valence-corrected chi connectivity index (χ0v) is 24.0. The lowest BCUT2D eigenvalue weighted by atomic mass is 9.81. The van der Waals surface area contributed by atoms with Crippen LogP contribution < -0.4 is 4.74 Å². The molecule has 0 saturated heterocycles. The minimum Gasteiger partial charge on any atom is -0.462 e. The molecule has 9 heteroatoms. The number of hydrogen-bond acceptors (Lipinski definition) is 5. The van der Waals surface area contributed by atoms with Gasteiger partial charge in [0.1, 0.15) is 11.6 Å². The molecule has 0 aliphatic carbocycles. The molecule has 1 aromatic heterocycles. The van der Waals surface area contributed by atoms with E-state index in [1.54, 1.807) is 24.0 Å². The van der Waals surface area contributed by atoms with Crippen molar-refractivity contribution in [3.63, 3.8) is 0 Å². The first-order valence-electron chi connectivity index (χ1n) is 13.5. The second-order valence-electron chi connectivity index (χ2n) is 11.1. The molecule has 2 amide bonds. The van der Waals surface area contributed by atoms with Crippen LogP contribution in [0.25, 0.3) is 16.5 Å². The molecule has 0 fully saturated rings. The zero-order valence-electron chi connectivity index (χ0n) is 24.0. The maximum Gasteiger partial charge on any atom is 0.415 e. The number of H-pyrrole nitrogens is 1. The maximum absolute atomic E-state index is 13.5. The number of hydrogen-bond donors (Lipinski definition) is 1. The average Bonchev–Trinajstić information content (AvgIpc) is 3.20. The first kappa shape index (κ1) is 28.9. The van der Waals surface area contributed by atoms with Gasteiger partial charge in [0.05, 0.1) is 17.9 Å². The van der Waals surface area contributed by atoms with Crippen LogP contribution in [0.2, 0.25) is 0 Å². The molecule has 0 unspecified atom stereocenters. The van der Waals surface area contributed by atoms with Gasteiger partial charge in [-0.15, -0.1) is 0 Å². The van der Waals surface area contributed by atoms with E-state index in [-0.39, 0.29) is 36.7 Å². The largest absolute Gasteiger partial charge is 0.462 e. The van der Waals surface area contributed by atoms with Crippen LogP contribution in [0, 0.1) is 5.82 Å². The van der Waals surface area contributed by atoms with Crippen molar-refractivity contribution in [1.29, 1.82) is 0 Å². The third kappa shape index (κ3) is 5.59. The minimum atomic E-state index is -0.613. The van der Waals surface area contributed by atoms with Crippen LogP contribution in [-0.2, 0) is 14.9 Å². The highest BCUT2D eigenvalue weighted by Gasteiger charge is 2.37. The summed E-state index contributed by atoms with van der Waals surface area (Å²) in [5.41, 5.74) is 1.92. The van der Waals surface area contributed by atoms with Gasteiger partial charge in [-0.05, 0) is 76.6 Å². The van der Waals surface area contributed by atoms with Gasteiger partial charge in [0.2, 0.25) is 0 Å². The lowest BCUT2D eigenvalue weighted by molar-refractivity contribution is -0.136. The SMILES string of the molecule is CCOC(=O)C1=CN(C(=O)c2ccc(F)cc2)CC(C)(C)c2c1[nH]c1cc(OC(=O)N(C(C)C)C(C)C)ccc21. The Balaban J connectivity index is 1.80. The number of aromatic nitrogens is 1. The predicted octanol–water partition coefficient (Wildman–Crippen LogP) is 6.26. The fraction of sp³-hybridized carbons (Fsp3) is 0.387. The number of carbonyl (C=O) groups excluding carboxylic acids is 3. The lowest BCUT2D eigenvalue weighted by Gasteiger charge is -2.30. The Labute approximate surface area is 233 Å². The number of carbonyl (C=O) groups is 3. The Bertz CT molecular complexity index is 1460. The highest BCUT2D eigenvalue weighted by Crippen LogP contribution is 2.41. The van der Waals surface area contributed by atoms with Gasteiger partial charge in [-0.25, -0.2) is 14.0 Å². The van der Waals surface area contributed by atoms with E-state index in [2.05, 4.69) is 4.98 Å². The van der Waals surface area contributed by atoms with E-state index >= 15 is 0 Å². The molecule has 0 atom stereocenters. The fourth-order valence-electron chi connectivity index (χ4n) is 5.34. The smallest absolute Gasteiger partial charge is 0.415 e. The van der Waals surface area contributed by atoms with Gasteiger partial charge in [-0.1, -0.05) is 13.8 Å². The number of amides is 2. The van der Waals surface area contributed by atoms with Crippen molar-refractivity contribution in [3.8, 4) is 5.75 Å². The van der Waals surface area contributed by atoms with Gasteiger partial charge < -0.3 is 24.3 Å². The monoisotopic (exact) mass is 549 g/mol. The molecular formula is C31H36FN3O5. The van der Waals surface area contributed by atoms with Gasteiger partial charge in [0.25, 0.3) is 5.91 Å². The van der Waals surface area contributed by atoms with Crippen LogP contribution >= 0.6 is 0 Å². The topological polar surface area (TPSA) is 91.9 Å². The Morgan fingerprint density at radius 1 is 1.05 bits per heavy atom. The Kier molecular flexibility index (Phi) is 8.05. The molecule has 2 aromatic carbocycles. The molecule has 4 rings (SSSR count). The summed E-state index contributed by atoms with van der Waals surface area (Å²) in [6.45, 7) is 13.8. The number of nitrogens with one attached hydrogen (secondary N) is 1. The van der Waals surface area contributed by atoms with Crippen LogP contribution in [0.4, 0.5) is 9.18 Å². The van der Waals surface area contributed by atoms with Crippen molar-refractivity contribution in [1.82, 2.24) is 14.8 Å². The number of ether oxygens (including phenoxy) is 2. The molecule has 0 bridgehead atoms. The van der Waals surface area contributed by atoms with Crippen molar-refractivity contribution in [2.45, 2.75) is 66.0 Å². The molecule has 0 radical (unpaired) electrons. The summed E-state index contributed by atoms with van der Waals surface area (Å²) < 4.78 is 24.6. The summed E-state index contributed by atoms with van der Waals surface area (Å²) in [6.07, 6.45) is 1.05. The van der Waals surface area contributed by atoms with E-state index in [1.165, 1.54) is 35.4 Å². The van der Waals surface area contributed by atoms with Crippen molar-refractivity contribution in [2.24, 2.45) is 0 Å². The Hall–Kier alpha value is -4.14. The summed E-state index contributed by atoms with van der Waals surface area (Å²) in [5, 5.41) is 0.829. The van der Waals surface area contributed by atoms with Gasteiger partial charge in [-0.2, -0.15) is 0 Å². The zero-order chi connectivity index (χ0) is 29.4. The summed E-state index contributed by atoms with van der Waals surface area (Å²) >= 11 is 0. The third-order valence-corrected chi connectivity index (χ3v) is 6.94. The number of halogens is 1. The molecule has 2 heterocycles. The summed E-state index contributed by atoms with van der Waals surface area (Å²) in [6, 6.07) is 10.6. The van der Waals surface area contributed by atoms with Crippen LogP contribution in [0.3, 0.4) is 0 Å². The van der Waals surface area contributed by atoms with E-state index in [0.29, 0.717) is 22.5 Å². The van der Waals surface area contributed by atoms with Gasteiger partial charge in [0.15, 0.2) is 0 Å². The molecule has 212 valence electrons. The molecule has 0 saturated carbocycles. The molecule has 3 aromatic rings. The number of benzene rings is 2. The quantitative estimate of drug-likeness (QED) is 0.366. The van der Waals surface area contributed by atoms with Crippen LogP contribution in [-0.4, -0.2) is 58.0 Å². The first-order valence-corrected chi connectivity index (χ1v) is 13.5. The number of rotatable bonds is 6. The van der Waals surface area contributed by atoms with E-state index in [4.69, 9.17) is 9.47 Å². The number of nitrogens with zero attached hydrogens (tertiary/aromatic N) is 2. The second kappa shape index (κ2) is 11.2. The van der Waals surface area contributed by atoms with Crippen LogP contribution in [0.1, 0.15) is 70.1 Å². The molecule has 8 nitrogen and oxygen atoms in total. The maximum atomic E-state index is 13.5. The van der Waals surface area contributed by atoms with Gasteiger partial charge in [0, 0.05) is 52.8 Å². The molecule has 1 aliphatic rings. The first-order chi connectivity index (χ1) is 18.8. The molecule has 0 spiro atoms. The Morgan fingerprint density at radius 3 is 2.30 bits per heavy atom. The van der Waals surface area contributed by atoms with Crippen molar-refractivity contribution in [2.75, 3.05) is 13.2 Å². The fourth-order valence-corrected chi connectivity index (χ4v) is 5.34. The molecule has 1 N–H and O–H groups in total. The van der Waals surface area contributed by atoms with E-state index in [1.807, 2.05) is 47.6 Å². The molecule has 1 aliphatic heterocycles. The molecular weight excluding hydrogens is 513 g/mol. The number of aromatic amines is 1. The van der Waals surface area contributed by atoms with E-state index in [9.17, 15) is 18.8 Å². The standard InChI is InChI=1S/C31H36FN3O5/c1-8-39-29(37)24-16-34(28(36)20-9-11-21(32)12-10-20)17-31(6,7)26-23-14-13-22(15-25(23)33-27(24)26)40-30(38)35(18(2)3)19(4)5/h9-16,18-19,33H,8,17H2,1-7H3. The van der Waals surface area contributed by atoms with Crippen LogP contribution in [0.5, 0.6) is 5.75 Å². The van der Waals surface area contributed by atoms with E-state index < -0.39 is 23.3 Å². The normalized spacial score (nSPS) is 14.6. The van der Waals surface area contributed by atoms with Crippen molar-refractivity contribution >= 4 is 34.4 Å². The van der Waals surface area contributed by atoms with Gasteiger partial charge in [-0.3, -0.25) is 4.79 Å².